The highest BCUT2D eigenvalue weighted by atomic mass is 16.3. The minimum absolute atomic E-state index is 0.0704. The first kappa shape index (κ1) is 6.64. The molecule has 2 aromatic heterocycles. The van der Waals surface area contributed by atoms with E-state index in [2.05, 4.69) is 0 Å². The van der Waals surface area contributed by atoms with Crippen molar-refractivity contribution in [2.75, 3.05) is 0 Å². The van der Waals surface area contributed by atoms with Gasteiger partial charge in [0.15, 0.2) is 0 Å². The fraction of sp³-hybridized carbons (Fsp3) is 0.250. The standard InChI is InChI=1S/C8H8O3/c9-3-5-6(4-10)8-2-1-7(5)11-8/h1-2,9-10H,3-4H2. The Hall–Kier alpha value is -1.06. The van der Waals surface area contributed by atoms with E-state index >= 15 is 0 Å². The van der Waals surface area contributed by atoms with E-state index in [9.17, 15) is 0 Å². The van der Waals surface area contributed by atoms with Crippen LogP contribution in [0, 0.1) is 0 Å². The summed E-state index contributed by atoms with van der Waals surface area (Å²) in [4.78, 5) is 0. The van der Waals surface area contributed by atoms with Crippen LogP contribution in [0.5, 0.6) is 0 Å². The van der Waals surface area contributed by atoms with E-state index in [0.717, 1.165) is 0 Å². The summed E-state index contributed by atoms with van der Waals surface area (Å²) >= 11 is 0. The second kappa shape index (κ2) is 2.22. The number of rotatable bonds is 2. The summed E-state index contributed by atoms with van der Waals surface area (Å²) in [5.41, 5.74) is 2.77. The Morgan fingerprint density at radius 1 is 1.00 bits per heavy atom. The molecule has 2 N–H and O–H groups in total. The fourth-order valence-corrected chi connectivity index (χ4v) is 1.31. The van der Waals surface area contributed by atoms with Gasteiger partial charge in [0.05, 0.1) is 13.2 Å². The number of benzene rings is 1. The zero-order valence-electron chi connectivity index (χ0n) is 5.87. The second-order valence-electron chi connectivity index (χ2n) is 2.44. The highest BCUT2D eigenvalue weighted by molar-refractivity contribution is 5.71. The van der Waals surface area contributed by atoms with Crippen molar-refractivity contribution < 1.29 is 14.6 Å². The summed E-state index contributed by atoms with van der Waals surface area (Å²) in [5.74, 6) is 0. The fourth-order valence-electron chi connectivity index (χ4n) is 1.31. The predicted octanol–water partition coefficient (Wildman–Crippen LogP) is 0.855. The van der Waals surface area contributed by atoms with Gasteiger partial charge in [-0.15, -0.1) is 0 Å². The molecule has 0 aliphatic rings. The number of furan rings is 2. The molecule has 0 fully saturated rings. The smallest absolute Gasteiger partial charge is 0.133 e. The van der Waals surface area contributed by atoms with Crippen LogP contribution in [0.15, 0.2) is 16.5 Å². The van der Waals surface area contributed by atoms with E-state index in [0.29, 0.717) is 22.3 Å². The van der Waals surface area contributed by atoms with Gasteiger partial charge in [0.1, 0.15) is 11.2 Å². The molecule has 58 valence electrons. The predicted molar refractivity (Wildman–Crippen MR) is 39.2 cm³/mol. The van der Waals surface area contributed by atoms with Crippen molar-refractivity contribution in [3.05, 3.63) is 23.3 Å². The van der Waals surface area contributed by atoms with Crippen molar-refractivity contribution in [1.29, 1.82) is 0 Å². The van der Waals surface area contributed by atoms with Crippen LogP contribution in [-0.4, -0.2) is 10.2 Å². The maximum absolute atomic E-state index is 8.87. The molecular weight excluding hydrogens is 144 g/mol. The average Bonchev–Trinajstić information content (AvgIpc) is 2.60. The van der Waals surface area contributed by atoms with E-state index in [-0.39, 0.29) is 13.2 Å². The maximum Gasteiger partial charge on any atom is 0.133 e. The number of hydrogen-bond donors (Lipinski definition) is 2. The topological polar surface area (TPSA) is 53.6 Å². The van der Waals surface area contributed by atoms with E-state index in [1.54, 1.807) is 12.1 Å². The number of hydrogen-bond acceptors (Lipinski definition) is 3. The Morgan fingerprint density at radius 3 is 1.82 bits per heavy atom. The molecule has 2 bridgehead atoms. The van der Waals surface area contributed by atoms with Crippen molar-refractivity contribution in [2.45, 2.75) is 13.2 Å². The average molecular weight is 152 g/mol. The van der Waals surface area contributed by atoms with Crippen molar-refractivity contribution in [2.24, 2.45) is 0 Å². The molecule has 0 saturated heterocycles. The van der Waals surface area contributed by atoms with E-state index in [1.807, 2.05) is 0 Å². The molecule has 0 atom stereocenters. The van der Waals surface area contributed by atoms with Gasteiger partial charge in [0.25, 0.3) is 0 Å². The molecule has 0 amide bonds. The zero-order valence-corrected chi connectivity index (χ0v) is 5.87. The van der Waals surface area contributed by atoms with Gasteiger partial charge in [-0.25, -0.2) is 0 Å². The van der Waals surface area contributed by atoms with Gasteiger partial charge in [-0.2, -0.15) is 0 Å². The Kier molecular flexibility index (Phi) is 1.34. The molecule has 11 heavy (non-hydrogen) atoms. The summed E-state index contributed by atoms with van der Waals surface area (Å²) < 4.78 is 5.21. The lowest BCUT2D eigenvalue weighted by molar-refractivity contribution is 0.263. The van der Waals surface area contributed by atoms with Gasteiger partial charge in [-0.3, -0.25) is 0 Å². The van der Waals surface area contributed by atoms with Crippen molar-refractivity contribution in [1.82, 2.24) is 0 Å². The van der Waals surface area contributed by atoms with Crippen molar-refractivity contribution in [3.63, 3.8) is 0 Å². The first-order valence-electron chi connectivity index (χ1n) is 3.41. The van der Waals surface area contributed by atoms with Gasteiger partial charge in [-0.1, -0.05) is 0 Å². The lowest BCUT2D eigenvalue weighted by Crippen LogP contribution is -1.90. The lowest BCUT2D eigenvalue weighted by atomic mass is 10.1. The first-order chi connectivity index (χ1) is 5.36. The van der Waals surface area contributed by atoms with Crippen LogP contribution in [0.2, 0.25) is 0 Å². The lowest BCUT2D eigenvalue weighted by Gasteiger charge is -1.95. The number of aliphatic hydroxyl groups excluding tert-OH is 2. The molecule has 2 rings (SSSR count). The maximum atomic E-state index is 8.87. The van der Waals surface area contributed by atoms with E-state index < -0.39 is 0 Å². The quantitative estimate of drug-likeness (QED) is 0.670. The van der Waals surface area contributed by atoms with Crippen molar-refractivity contribution >= 4 is 11.2 Å². The van der Waals surface area contributed by atoms with Crippen LogP contribution in [-0.2, 0) is 13.2 Å². The molecule has 0 saturated carbocycles. The molecule has 0 unspecified atom stereocenters. The second-order valence-corrected chi connectivity index (χ2v) is 2.44. The summed E-state index contributed by atoms with van der Waals surface area (Å²) in [5, 5.41) is 17.7. The Morgan fingerprint density at radius 2 is 1.45 bits per heavy atom. The van der Waals surface area contributed by atoms with Crippen LogP contribution >= 0.6 is 0 Å². The molecule has 0 spiro atoms. The highest BCUT2D eigenvalue weighted by Crippen LogP contribution is 2.28. The Bertz CT molecular complexity index is 317. The number of fused-ring (bicyclic) bond motifs is 2. The number of aliphatic hydroxyl groups is 2. The van der Waals surface area contributed by atoms with Crippen molar-refractivity contribution in [3.8, 4) is 0 Å². The van der Waals surface area contributed by atoms with Crippen LogP contribution in [0.1, 0.15) is 11.1 Å². The molecule has 3 heteroatoms. The molecule has 0 aliphatic carbocycles. The highest BCUT2D eigenvalue weighted by Gasteiger charge is 2.14. The molecule has 2 aromatic rings. The summed E-state index contributed by atoms with van der Waals surface area (Å²) in [6.07, 6.45) is 0. The van der Waals surface area contributed by atoms with Gasteiger partial charge in [-0.05, 0) is 12.1 Å². The molecule has 0 radical (unpaired) electrons. The first-order valence-corrected chi connectivity index (χ1v) is 3.41. The SMILES string of the molecule is OCc1c(CO)c2ccc1o2. The van der Waals surface area contributed by atoms with Crippen LogP contribution in [0.3, 0.4) is 0 Å². The van der Waals surface area contributed by atoms with Crippen LogP contribution in [0.25, 0.3) is 11.2 Å². The zero-order chi connectivity index (χ0) is 7.84. The third kappa shape index (κ3) is 0.751. The third-order valence-electron chi connectivity index (χ3n) is 1.88. The Labute approximate surface area is 63.2 Å². The van der Waals surface area contributed by atoms with Gasteiger partial charge >= 0.3 is 0 Å². The minimum Gasteiger partial charge on any atom is -0.457 e. The molecule has 0 aromatic carbocycles. The largest absolute Gasteiger partial charge is 0.457 e. The van der Waals surface area contributed by atoms with Gasteiger partial charge in [0.2, 0.25) is 0 Å². The monoisotopic (exact) mass is 152 g/mol. The van der Waals surface area contributed by atoms with Gasteiger partial charge < -0.3 is 14.6 Å². The minimum atomic E-state index is -0.0704. The van der Waals surface area contributed by atoms with E-state index in [1.165, 1.54) is 0 Å². The molecule has 0 aliphatic heterocycles. The summed E-state index contributed by atoms with van der Waals surface area (Å²) in [6.45, 7) is -0.141. The van der Waals surface area contributed by atoms with Gasteiger partial charge in [0, 0.05) is 11.1 Å². The van der Waals surface area contributed by atoms with Crippen LogP contribution in [0.4, 0.5) is 0 Å². The Balaban J connectivity index is 2.67. The van der Waals surface area contributed by atoms with E-state index in [4.69, 9.17) is 14.6 Å². The molecule has 2 heterocycles. The van der Waals surface area contributed by atoms with Crippen LogP contribution < -0.4 is 0 Å². The normalized spacial score (nSPS) is 11.5. The summed E-state index contributed by atoms with van der Waals surface area (Å²) in [6, 6.07) is 3.58. The molecular formula is C8H8O3. The summed E-state index contributed by atoms with van der Waals surface area (Å²) in [7, 11) is 0. The molecule has 3 nitrogen and oxygen atoms in total. The third-order valence-corrected chi connectivity index (χ3v) is 1.88.